The quantitative estimate of drug-likeness (QED) is 0.321. The lowest BCUT2D eigenvalue weighted by Gasteiger charge is -2.62. The van der Waals surface area contributed by atoms with Crippen molar-refractivity contribution >= 4 is 11.9 Å². The van der Waals surface area contributed by atoms with Crippen LogP contribution in [0.25, 0.3) is 0 Å². The first-order valence-corrected chi connectivity index (χ1v) is 17.7. The minimum atomic E-state index is -0.0528. The van der Waals surface area contributed by atoms with Crippen molar-refractivity contribution in [2.75, 3.05) is 46.4 Å². The molecule has 0 N–H and O–H groups in total. The fourth-order valence-electron chi connectivity index (χ4n) is 11.5. The number of likely N-dealkylation sites (tertiary alicyclic amines) is 1. The average molecular weight is 668 g/mol. The number of carbonyl (C=O) groups excluding carboxylic acids is 2. The van der Waals surface area contributed by atoms with Crippen molar-refractivity contribution in [1.82, 2.24) is 4.90 Å². The number of hydrogen-bond donors (Lipinski definition) is 0. The topological polar surface area (TPSA) is 65.1 Å². The molecule has 6 aliphatic rings. The lowest BCUT2D eigenvalue weighted by molar-refractivity contribution is -0.940. The van der Waals surface area contributed by atoms with E-state index in [1.54, 1.807) is 0 Å². The Morgan fingerprint density at radius 1 is 0.884 bits per heavy atom. The molecule has 0 amide bonds. The van der Waals surface area contributed by atoms with Crippen LogP contribution in [0.15, 0.2) is 0 Å². The van der Waals surface area contributed by atoms with Gasteiger partial charge in [-0.25, -0.2) is 0 Å². The van der Waals surface area contributed by atoms with Crippen molar-refractivity contribution in [1.29, 1.82) is 0 Å². The van der Waals surface area contributed by atoms with Gasteiger partial charge in [0.2, 0.25) is 0 Å². The molecule has 10 atom stereocenters. The van der Waals surface area contributed by atoms with Gasteiger partial charge in [0.15, 0.2) is 6.10 Å². The van der Waals surface area contributed by atoms with Crippen LogP contribution in [0.4, 0.5) is 0 Å². The van der Waals surface area contributed by atoms with E-state index in [2.05, 4.69) is 25.8 Å². The molecule has 6 rings (SSSR count). The number of morpholine rings is 1. The maximum absolute atomic E-state index is 12.9. The van der Waals surface area contributed by atoms with Crippen LogP contribution < -0.4 is 17.0 Å². The molecule has 2 saturated heterocycles. The summed E-state index contributed by atoms with van der Waals surface area (Å²) in [6, 6.07) is 0.704. The number of piperidine rings is 1. The van der Waals surface area contributed by atoms with Crippen LogP contribution >= 0.6 is 0 Å². The lowest BCUT2D eigenvalue weighted by atomic mass is 9.44. The molecule has 0 aromatic rings. The van der Waals surface area contributed by atoms with Crippen LogP contribution in [0.1, 0.15) is 105 Å². The van der Waals surface area contributed by atoms with Crippen molar-refractivity contribution in [3.63, 3.8) is 0 Å². The molecule has 6 fully saturated rings. The Kier molecular flexibility index (Phi) is 10.3. The zero-order valence-corrected chi connectivity index (χ0v) is 29.2. The van der Waals surface area contributed by atoms with E-state index in [0.29, 0.717) is 42.6 Å². The fourth-order valence-corrected chi connectivity index (χ4v) is 11.5. The number of fused-ring (bicyclic) bond motifs is 5. The van der Waals surface area contributed by atoms with E-state index in [1.165, 1.54) is 58.0 Å². The van der Waals surface area contributed by atoms with Gasteiger partial charge in [-0.05, 0) is 86.9 Å². The van der Waals surface area contributed by atoms with Gasteiger partial charge in [-0.1, -0.05) is 27.7 Å². The number of carbonyl (C=O) groups is 2. The van der Waals surface area contributed by atoms with Crippen molar-refractivity contribution in [2.45, 2.75) is 129 Å². The Balaban J connectivity index is 0.00000368. The second-order valence-electron chi connectivity index (χ2n) is 15.8. The molecule has 2 heterocycles. The highest BCUT2D eigenvalue weighted by molar-refractivity contribution is 5.69. The Morgan fingerprint density at radius 2 is 1.56 bits per heavy atom. The molecule has 0 bridgehead atoms. The number of esters is 2. The molecular formula is C35H59BrN2O5. The van der Waals surface area contributed by atoms with Gasteiger partial charge in [0.25, 0.3) is 0 Å². The molecular weight excluding hydrogens is 608 g/mol. The Hall–Kier alpha value is -0.700. The Morgan fingerprint density at radius 3 is 2.23 bits per heavy atom. The second kappa shape index (κ2) is 13.2. The first-order chi connectivity index (χ1) is 20.1. The molecule has 0 radical (unpaired) electrons. The Labute approximate surface area is 271 Å². The van der Waals surface area contributed by atoms with Crippen molar-refractivity contribution in [3.05, 3.63) is 0 Å². The monoisotopic (exact) mass is 666 g/mol. The molecule has 2 aliphatic heterocycles. The van der Waals surface area contributed by atoms with E-state index in [4.69, 9.17) is 14.2 Å². The van der Waals surface area contributed by atoms with E-state index < -0.39 is 0 Å². The summed E-state index contributed by atoms with van der Waals surface area (Å²) in [6.45, 7) is 14.8. The summed E-state index contributed by atoms with van der Waals surface area (Å²) in [7, 11) is 2.47. The summed E-state index contributed by atoms with van der Waals surface area (Å²) in [5.74, 6) is 2.53. The van der Waals surface area contributed by atoms with Gasteiger partial charge < -0.3 is 35.7 Å². The molecule has 0 spiro atoms. The van der Waals surface area contributed by atoms with Crippen molar-refractivity contribution in [2.24, 2.45) is 34.5 Å². The number of likely N-dealkylation sites (N-methyl/N-ethyl adjacent to an activating group) is 1. The highest BCUT2D eigenvalue weighted by Gasteiger charge is 2.67. The van der Waals surface area contributed by atoms with Crippen LogP contribution in [0.2, 0.25) is 0 Å². The minimum absolute atomic E-state index is 0. The van der Waals surface area contributed by atoms with Gasteiger partial charge in [-0.15, -0.1) is 0 Å². The largest absolute Gasteiger partial charge is 1.00 e. The number of hydrogen-bond acceptors (Lipinski definition) is 6. The first kappa shape index (κ1) is 33.7. The third-order valence-electron chi connectivity index (χ3n) is 13.9. The molecule has 8 heteroatoms. The van der Waals surface area contributed by atoms with Crippen LogP contribution in [-0.4, -0.2) is 92.1 Å². The normalized spacial score (nSPS) is 44.2. The number of rotatable bonds is 6. The summed E-state index contributed by atoms with van der Waals surface area (Å²) in [5.41, 5.74) is 0.315. The fraction of sp³-hybridized carbons (Fsp3) is 0.943. The van der Waals surface area contributed by atoms with Crippen molar-refractivity contribution in [3.8, 4) is 0 Å². The van der Waals surface area contributed by atoms with Gasteiger partial charge in [-0.2, -0.15) is 0 Å². The standard InChI is InChI=1S/C35H59N2O5.BrH/c1-6-31(38)41-30-21-24-11-12-25-26(35(24,4)23-28(30)36-15-19-40-20-16-36)13-14-34(3)27(25)22-29(33(34)42-32(39)7-2)37(5)17-9-8-10-18-37;/h24-30,33H,6-23H2,1-5H3;1H/q+1;/p-1/t24-,25?,26?,27?,28-,29-,30-,33-,34-,35-;/m0./s1. The molecule has 43 heavy (non-hydrogen) atoms. The predicted octanol–water partition coefficient (Wildman–Crippen LogP) is 2.60. The molecule has 7 nitrogen and oxygen atoms in total. The molecule has 0 aromatic heterocycles. The van der Waals surface area contributed by atoms with E-state index in [1.807, 2.05) is 13.8 Å². The highest BCUT2D eigenvalue weighted by atomic mass is 79.9. The number of nitrogens with zero attached hydrogens (tertiary/aromatic N) is 2. The number of quaternary nitrogens is 1. The number of halogens is 1. The Bertz CT molecular complexity index is 999. The summed E-state index contributed by atoms with van der Waals surface area (Å²) in [5, 5.41) is 0. The molecule has 0 aromatic carbocycles. The summed E-state index contributed by atoms with van der Waals surface area (Å²) < 4.78 is 19.5. The van der Waals surface area contributed by atoms with E-state index in [9.17, 15) is 9.59 Å². The summed E-state index contributed by atoms with van der Waals surface area (Å²) in [6.07, 6.45) is 13.1. The van der Waals surface area contributed by atoms with Crippen LogP contribution in [0.3, 0.4) is 0 Å². The molecule has 246 valence electrons. The van der Waals surface area contributed by atoms with E-state index >= 15 is 0 Å². The third-order valence-corrected chi connectivity index (χ3v) is 13.9. The van der Waals surface area contributed by atoms with Gasteiger partial charge in [0.1, 0.15) is 12.1 Å². The maximum Gasteiger partial charge on any atom is 0.306 e. The number of ether oxygens (including phenoxy) is 3. The lowest BCUT2D eigenvalue weighted by Crippen LogP contribution is -3.00. The minimum Gasteiger partial charge on any atom is -1.00 e. The zero-order valence-electron chi connectivity index (χ0n) is 27.7. The smallest absolute Gasteiger partial charge is 0.306 e. The third kappa shape index (κ3) is 5.98. The second-order valence-corrected chi connectivity index (χ2v) is 15.8. The molecule has 4 aliphatic carbocycles. The van der Waals surface area contributed by atoms with Gasteiger partial charge in [0.05, 0.1) is 33.4 Å². The summed E-state index contributed by atoms with van der Waals surface area (Å²) in [4.78, 5) is 28.0. The zero-order chi connectivity index (χ0) is 29.7. The predicted molar refractivity (Wildman–Crippen MR) is 163 cm³/mol. The van der Waals surface area contributed by atoms with Gasteiger partial charge in [-0.3, -0.25) is 14.5 Å². The van der Waals surface area contributed by atoms with Crippen LogP contribution in [0.5, 0.6) is 0 Å². The van der Waals surface area contributed by atoms with Crippen LogP contribution in [-0.2, 0) is 23.8 Å². The summed E-state index contributed by atoms with van der Waals surface area (Å²) >= 11 is 0. The molecule has 4 saturated carbocycles. The van der Waals surface area contributed by atoms with Gasteiger partial charge >= 0.3 is 11.9 Å². The van der Waals surface area contributed by atoms with E-state index in [0.717, 1.165) is 50.0 Å². The highest BCUT2D eigenvalue weighted by Crippen LogP contribution is 2.67. The van der Waals surface area contributed by atoms with E-state index in [-0.39, 0.29) is 58.0 Å². The SMILES string of the molecule is CCC(=O)O[C@H]1C[C@@H]2CCC3C4C[C@H]([N+]5(C)CCCCC5)[C@H](OC(=O)CC)[C@@]4(C)CCC3[C@@]2(C)C[C@@H]1N1CCOCC1.[Br-]. The van der Waals surface area contributed by atoms with Crippen LogP contribution in [0, 0.1) is 34.5 Å². The molecule has 3 unspecified atom stereocenters. The van der Waals surface area contributed by atoms with Crippen molar-refractivity contribution < 1.29 is 45.3 Å². The first-order valence-electron chi connectivity index (χ1n) is 17.7. The average Bonchev–Trinajstić information content (AvgIpc) is 3.30. The maximum atomic E-state index is 12.9. The van der Waals surface area contributed by atoms with Gasteiger partial charge in [0, 0.05) is 43.8 Å².